The van der Waals surface area contributed by atoms with Gasteiger partial charge in [-0.3, -0.25) is 9.69 Å². The van der Waals surface area contributed by atoms with Crippen molar-refractivity contribution in [2.45, 2.75) is 71.1 Å². The quantitative estimate of drug-likeness (QED) is 0.196. The van der Waals surface area contributed by atoms with E-state index in [9.17, 15) is 14.7 Å². The van der Waals surface area contributed by atoms with Gasteiger partial charge in [-0.2, -0.15) is 0 Å². The van der Waals surface area contributed by atoms with Gasteiger partial charge >= 0.3 is 6.09 Å². The van der Waals surface area contributed by atoms with Crippen LogP contribution in [0.25, 0.3) is 0 Å². The number of alkyl carbamates (subject to hydrolysis) is 1. The molecule has 9 heteroatoms. The van der Waals surface area contributed by atoms with Crippen LogP contribution in [0, 0.1) is 11.3 Å². The SMILES string of the molecule is CC(C)(C)COC(=O)N[C@@H](Cc1ccccc1)[C@@H](O)C[C@@H](Cc1ccc(OCCN2CCOCC2)cc1)C(=O)N[C@H]1CCc2ccccc21. The number of amides is 2. The number of hydrogen-bond donors (Lipinski definition) is 3. The summed E-state index contributed by atoms with van der Waals surface area (Å²) in [6.07, 6.45) is 1.16. The molecule has 0 unspecified atom stereocenters. The molecular formula is C40H53N3O6. The van der Waals surface area contributed by atoms with E-state index in [0.717, 1.165) is 68.1 Å². The second-order valence-corrected chi connectivity index (χ2v) is 14.5. The van der Waals surface area contributed by atoms with E-state index in [4.69, 9.17) is 14.2 Å². The van der Waals surface area contributed by atoms with Gasteiger partial charge in [-0.25, -0.2) is 4.79 Å². The lowest BCUT2D eigenvalue weighted by Crippen LogP contribution is -2.47. The summed E-state index contributed by atoms with van der Waals surface area (Å²) in [6, 6.07) is 25.1. The minimum absolute atomic E-state index is 0.0730. The van der Waals surface area contributed by atoms with Gasteiger partial charge in [0.1, 0.15) is 12.4 Å². The molecular weight excluding hydrogens is 618 g/mol. The minimum Gasteiger partial charge on any atom is -0.492 e. The summed E-state index contributed by atoms with van der Waals surface area (Å²) in [5.74, 6) is 0.128. The standard InChI is InChI=1S/C40H53N3O6/c1-40(2,3)28-49-39(46)42-36(26-29-9-5-4-6-10-29)37(44)27-32(38(45)41-35-18-15-31-11-7-8-12-34(31)35)25-30-13-16-33(17-14-30)48-24-21-43-19-22-47-23-20-43/h4-14,16-17,32,35-37,44H,15,18-28H2,1-3H3,(H,41,45)(H,42,46)/t32-,35+,36+,37+/m1/s1. The number of benzene rings is 3. The Labute approximate surface area is 291 Å². The number of carbonyl (C=O) groups is 2. The Morgan fingerprint density at radius 1 is 0.939 bits per heavy atom. The molecule has 1 aliphatic heterocycles. The van der Waals surface area contributed by atoms with E-state index in [2.05, 4.69) is 27.7 Å². The first-order chi connectivity index (χ1) is 23.6. The van der Waals surface area contributed by atoms with Crippen LogP contribution in [0.4, 0.5) is 4.79 Å². The van der Waals surface area contributed by atoms with E-state index in [1.54, 1.807) is 0 Å². The van der Waals surface area contributed by atoms with Crippen LogP contribution >= 0.6 is 0 Å². The number of aliphatic hydroxyl groups excluding tert-OH is 1. The van der Waals surface area contributed by atoms with Crippen LogP contribution in [-0.2, 0) is 33.5 Å². The number of carbonyl (C=O) groups excluding carboxylic acids is 2. The highest BCUT2D eigenvalue weighted by atomic mass is 16.5. The molecule has 264 valence electrons. The van der Waals surface area contributed by atoms with Crippen molar-refractivity contribution in [2.75, 3.05) is 46.1 Å². The highest BCUT2D eigenvalue weighted by molar-refractivity contribution is 5.79. The highest BCUT2D eigenvalue weighted by Gasteiger charge is 2.32. The van der Waals surface area contributed by atoms with Gasteiger partial charge in [-0.15, -0.1) is 0 Å². The van der Waals surface area contributed by atoms with Crippen LogP contribution in [0.2, 0.25) is 0 Å². The lowest BCUT2D eigenvalue weighted by molar-refractivity contribution is -0.127. The number of aryl methyl sites for hydroxylation is 1. The third kappa shape index (κ3) is 11.6. The number of morpholine rings is 1. The molecule has 0 aromatic heterocycles. The first-order valence-corrected chi connectivity index (χ1v) is 17.7. The molecule has 2 amide bonds. The molecule has 0 saturated carbocycles. The molecule has 49 heavy (non-hydrogen) atoms. The van der Waals surface area contributed by atoms with Gasteiger partial charge in [0.15, 0.2) is 0 Å². The van der Waals surface area contributed by atoms with E-state index < -0.39 is 24.2 Å². The van der Waals surface area contributed by atoms with Crippen LogP contribution in [0.1, 0.15) is 61.9 Å². The maximum Gasteiger partial charge on any atom is 0.407 e. The van der Waals surface area contributed by atoms with Gasteiger partial charge in [0.2, 0.25) is 5.91 Å². The molecule has 1 heterocycles. The summed E-state index contributed by atoms with van der Waals surface area (Å²) in [6.45, 7) is 11.0. The average molecular weight is 672 g/mol. The number of rotatable bonds is 15. The van der Waals surface area contributed by atoms with Crippen LogP contribution in [0.15, 0.2) is 78.9 Å². The average Bonchev–Trinajstić information content (AvgIpc) is 3.50. The molecule has 5 rings (SSSR count). The Bertz CT molecular complexity index is 1470. The molecule has 3 aromatic rings. The van der Waals surface area contributed by atoms with Gasteiger partial charge in [-0.1, -0.05) is 87.5 Å². The van der Waals surface area contributed by atoms with Crippen molar-refractivity contribution in [1.82, 2.24) is 15.5 Å². The zero-order valence-corrected chi connectivity index (χ0v) is 29.2. The zero-order chi connectivity index (χ0) is 34.6. The van der Waals surface area contributed by atoms with Crippen LogP contribution < -0.4 is 15.4 Å². The number of nitrogens with one attached hydrogen (secondary N) is 2. The number of fused-ring (bicyclic) bond motifs is 1. The number of hydrogen-bond acceptors (Lipinski definition) is 7. The van der Waals surface area contributed by atoms with Crippen molar-refractivity contribution < 1.29 is 28.9 Å². The predicted molar refractivity (Wildman–Crippen MR) is 191 cm³/mol. The van der Waals surface area contributed by atoms with Gasteiger partial charge in [0.05, 0.1) is 38.0 Å². The van der Waals surface area contributed by atoms with Crippen LogP contribution in [0.3, 0.4) is 0 Å². The van der Waals surface area contributed by atoms with E-state index in [-0.39, 0.29) is 30.4 Å². The molecule has 1 fully saturated rings. The Hall–Kier alpha value is -3.92. The fourth-order valence-corrected chi connectivity index (χ4v) is 6.49. The summed E-state index contributed by atoms with van der Waals surface area (Å²) in [7, 11) is 0. The third-order valence-corrected chi connectivity index (χ3v) is 9.23. The van der Waals surface area contributed by atoms with Crippen molar-refractivity contribution in [1.29, 1.82) is 0 Å². The molecule has 0 bridgehead atoms. The monoisotopic (exact) mass is 671 g/mol. The summed E-state index contributed by atoms with van der Waals surface area (Å²) in [5, 5.41) is 17.9. The van der Waals surface area contributed by atoms with Crippen LogP contribution in [0.5, 0.6) is 5.75 Å². The van der Waals surface area contributed by atoms with E-state index in [1.165, 1.54) is 5.56 Å². The summed E-state index contributed by atoms with van der Waals surface area (Å²) in [5.41, 5.74) is 4.15. The van der Waals surface area contributed by atoms with Crippen molar-refractivity contribution in [3.8, 4) is 5.75 Å². The second kappa shape index (κ2) is 17.7. The molecule has 1 saturated heterocycles. The maximum atomic E-state index is 14.1. The van der Waals surface area contributed by atoms with E-state index in [0.29, 0.717) is 19.4 Å². The molecule has 4 atom stereocenters. The molecule has 1 aliphatic carbocycles. The lowest BCUT2D eigenvalue weighted by atomic mass is 9.88. The van der Waals surface area contributed by atoms with Crippen molar-refractivity contribution >= 4 is 12.0 Å². The second-order valence-electron chi connectivity index (χ2n) is 14.5. The van der Waals surface area contributed by atoms with Crippen molar-refractivity contribution in [3.63, 3.8) is 0 Å². The summed E-state index contributed by atoms with van der Waals surface area (Å²) >= 11 is 0. The first-order valence-electron chi connectivity index (χ1n) is 17.7. The van der Waals surface area contributed by atoms with Gasteiger partial charge < -0.3 is 30.0 Å². The Morgan fingerprint density at radius 2 is 1.63 bits per heavy atom. The number of aliphatic hydroxyl groups is 1. The summed E-state index contributed by atoms with van der Waals surface area (Å²) in [4.78, 5) is 29.3. The normalized spacial score (nSPS) is 18.2. The molecule has 9 nitrogen and oxygen atoms in total. The highest BCUT2D eigenvalue weighted by Crippen LogP contribution is 2.31. The number of ether oxygens (including phenoxy) is 3. The largest absolute Gasteiger partial charge is 0.492 e. The Balaban J connectivity index is 1.28. The van der Waals surface area contributed by atoms with Crippen molar-refractivity contribution in [2.24, 2.45) is 11.3 Å². The van der Waals surface area contributed by atoms with E-state index in [1.807, 2.05) is 87.5 Å². The first kappa shape index (κ1) is 36.4. The maximum absolute atomic E-state index is 14.1. The predicted octanol–water partition coefficient (Wildman–Crippen LogP) is 5.49. The van der Waals surface area contributed by atoms with Gasteiger partial charge in [0.25, 0.3) is 0 Å². The smallest absolute Gasteiger partial charge is 0.407 e. The fraction of sp³-hybridized carbons (Fsp3) is 0.500. The zero-order valence-electron chi connectivity index (χ0n) is 29.2. The topological polar surface area (TPSA) is 109 Å². The molecule has 3 N–H and O–H groups in total. The summed E-state index contributed by atoms with van der Waals surface area (Å²) < 4.78 is 17.0. The van der Waals surface area contributed by atoms with Crippen LogP contribution in [-0.4, -0.2) is 80.2 Å². The number of nitrogens with zero attached hydrogens (tertiary/aromatic N) is 1. The molecule has 0 spiro atoms. The lowest BCUT2D eigenvalue weighted by Gasteiger charge is -2.29. The molecule has 2 aliphatic rings. The third-order valence-electron chi connectivity index (χ3n) is 9.23. The van der Waals surface area contributed by atoms with E-state index >= 15 is 0 Å². The molecule has 3 aromatic carbocycles. The van der Waals surface area contributed by atoms with Gasteiger partial charge in [0, 0.05) is 25.6 Å². The fourth-order valence-electron chi connectivity index (χ4n) is 6.49. The molecule has 0 radical (unpaired) electrons. The minimum atomic E-state index is -1.00. The van der Waals surface area contributed by atoms with Crippen molar-refractivity contribution in [3.05, 3.63) is 101 Å². The van der Waals surface area contributed by atoms with Gasteiger partial charge in [-0.05, 0) is 71.9 Å². The Kier molecular flexibility index (Phi) is 13.1. The Morgan fingerprint density at radius 3 is 2.37 bits per heavy atom.